The van der Waals surface area contributed by atoms with Gasteiger partial charge < -0.3 is 4.57 Å². The molecule has 180 valence electrons. The van der Waals surface area contributed by atoms with Crippen molar-refractivity contribution in [2.75, 3.05) is 0 Å². The molecule has 6 aromatic carbocycles. The van der Waals surface area contributed by atoms with E-state index in [1.54, 1.807) is 0 Å². The monoisotopic (exact) mass is 549 g/mol. The summed E-state index contributed by atoms with van der Waals surface area (Å²) in [6.45, 7) is 0. The van der Waals surface area contributed by atoms with Crippen LogP contribution in [0.1, 0.15) is 0 Å². The van der Waals surface area contributed by atoms with Gasteiger partial charge in [0.1, 0.15) is 0 Å². The van der Waals surface area contributed by atoms with Gasteiger partial charge in [0, 0.05) is 20.9 Å². The second-order valence-electron chi connectivity index (χ2n) is 9.56. The number of rotatable bonds is 4. The SMILES string of the molecule is Brc1ccccc1-c1cccc(-c2ccc3c(c2)c2cc(-c4ccccc4)ccc2n3-c2ccccc2)c1. The number of fused-ring (bicyclic) bond motifs is 3. The molecule has 0 radical (unpaired) electrons. The standard InChI is InChI=1S/C36H24BrN/c37-34-17-8-7-16-31(34)29-13-9-12-26(22-29)28-19-21-36-33(24-28)32-23-27(25-10-3-1-4-11-25)18-20-35(32)38(36)30-14-5-2-6-15-30/h1-24H. The Balaban J connectivity index is 1.45. The van der Waals surface area contributed by atoms with Gasteiger partial charge in [0.25, 0.3) is 0 Å². The highest BCUT2D eigenvalue weighted by atomic mass is 79.9. The van der Waals surface area contributed by atoms with Gasteiger partial charge in [0.05, 0.1) is 11.0 Å². The van der Waals surface area contributed by atoms with Crippen LogP contribution in [0.5, 0.6) is 0 Å². The zero-order valence-electron chi connectivity index (χ0n) is 20.7. The second kappa shape index (κ2) is 9.48. The Morgan fingerprint density at radius 2 is 0.921 bits per heavy atom. The maximum absolute atomic E-state index is 3.72. The molecule has 0 aliphatic heterocycles. The lowest BCUT2D eigenvalue weighted by atomic mass is 9.97. The van der Waals surface area contributed by atoms with Gasteiger partial charge in [0.2, 0.25) is 0 Å². The first-order valence-electron chi connectivity index (χ1n) is 12.8. The number of benzene rings is 6. The van der Waals surface area contributed by atoms with Gasteiger partial charge in [-0.1, -0.05) is 113 Å². The van der Waals surface area contributed by atoms with Crippen LogP contribution < -0.4 is 0 Å². The van der Waals surface area contributed by atoms with Crippen LogP contribution in [0.2, 0.25) is 0 Å². The number of halogens is 1. The molecule has 0 N–H and O–H groups in total. The van der Waals surface area contributed by atoms with E-state index in [4.69, 9.17) is 0 Å². The Hall–Kier alpha value is -4.40. The maximum Gasteiger partial charge on any atom is 0.0541 e. The van der Waals surface area contributed by atoms with Crippen LogP contribution in [0, 0.1) is 0 Å². The minimum Gasteiger partial charge on any atom is -0.309 e. The third kappa shape index (κ3) is 3.95. The van der Waals surface area contributed by atoms with Crippen molar-refractivity contribution in [3.63, 3.8) is 0 Å². The Kier molecular flexibility index (Phi) is 5.68. The lowest BCUT2D eigenvalue weighted by Crippen LogP contribution is -1.93. The number of aromatic nitrogens is 1. The van der Waals surface area contributed by atoms with E-state index in [0.717, 1.165) is 4.47 Å². The molecule has 7 rings (SSSR count). The van der Waals surface area contributed by atoms with Crippen molar-refractivity contribution in [1.82, 2.24) is 4.57 Å². The molecule has 0 saturated heterocycles. The molecule has 1 heterocycles. The van der Waals surface area contributed by atoms with E-state index in [0.29, 0.717) is 0 Å². The zero-order chi connectivity index (χ0) is 25.5. The highest BCUT2D eigenvalue weighted by Crippen LogP contribution is 2.38. The zero-order valence-corrected chi connectivity index (χ0v) is 22.3. The number of nitrogens with zero attached hydrogens (tertiary/aromatic N) is 1. The van der Waals surface area contributed by atoms with E-state index >= 15 is 0 Å². The molecule has 0 aliphatic carbocycles. The highest BCUT2D eigenvalue weighted by Gasteiger charge is 2.15. The molecular formula is C36H24BrN. The summed E-state index contributed by atoms with van der Waals surface area (Å²) in [6.07, 6.45) is 0. The van der Waals surface area contributed by atoms with E-state index in [1.807, 2.05) is 0 Å². The van der Waals surface area contributed by atoms with Gasteiger partial charge in [-0.05, 0) is 81.9 Å². The third-order valence-electron chi connectivity index (χ3n) is 7.27. The van der Waals surface area contributed by atoms with Gasteiger partial charge in [-0.3, -0.25) is 0 Å². The molecule has 1 nitrogen and oxygen atoms in total. The fraction of sp³-hybridized carbons (Fsp3) is 0. The van der Waals surface area contributed by atoms with Crippen LogP contribution >= 0.6 is 15.9 Å². The number of hydrogen-bond acceptors (Lipinski definition) is 0. The smallest absolute Gasteiger partial charge is 0.0541 e. The topological polar surface area (TPSA) is 4.93 Å². The van der Waals surface area contributed by atoms with Crippen LogP contribution in [0.3, 0.4) is 0 Å². The maximum atomic E-state index is 3.72. The van der Waals surface area contributed by atoms with Crippen molar-refractivity contribution >= 4 is 37.7 Å². The van der Waals surface area contributed by atoms with Crippen molar-refractivity contribution in [3.8, 4) is 39.1 Å². The van der Waals surface area contributed by atoms with Crippen LogP contribution in [-0.4, -0.2) is 4.57 Å². The summed E-state index contributed by atoms with van der Waals surface area (Å²) in [5, 5.41) is 2.51. The molecule has 0 atom stereocenters. The van der Waals surface area contributed by atoms with Crippen LogP contribution in [0.15, 0.2) is 150 Å². The van der Waals surface area contributed by atoms with Crippen molar-refractivity contribution in [3.05, 3.63) is 150 Å². The Morgan fingerprint density at radius 3 is 1.61 bits per heavy atom. The predicted molar refractivity (Wildman–Crippen MR) is 165 cm³/mol. The van der Waals surface area contributed by atoms with Gasteiger partial charge in [0.15, 0.2) is 0 Å². The largest absolute Gasteiger partial charge is 0.309 e. The van der Waals surface area contributed by atoms with E-state index in [1.165, 1.54) is 60.9 Å². The van der Waals surface area contributed by atoms with Gasteiger partial charge in [-0.15, -0.1) is 0 Å². The first-order chi connectivity index (χ1) is 18.8. The van der Waals surface area contributed by atoms with Gasteiger partial charge in [-0.25, -0.2) is 0 Å². The van der Waals surface area contributed by atoms with Crippen LogP contribution in [0.25, 0.3) is 60.9 Å². The summed E-state index contributed by atoms with van der Waals surface area (Å²) in [5.41, 5.74) is 10.9. The van der Waals surface area contributed by atoms with E-state index in [9.17, 15) is 0 Å². The van der Waals surface area contributed by atoms with Crippen LogP contribution in [-0.2, 0) is 0 Å². The minimum atomic E-state index is 1.10. The Labute approximate surface area is 230 Å². The molecule has 0 aliphatic rings. The molecule has 0 amide bonds. The number of hydrogen-bond donors (Lipinski definition) is 0. The van der Waals surface area contributed by atoms with Crippen molar-refractivity contribution in [2.45, 2.75) is 0 Å². The molecular weight excluding hydrogens is 526 g/mol. The molecule has 0 bridgehead atoms. The van der Waals surface area contributed by atoms with E-state index in [-0.39, 0.29) is 0 Å². The molecule has 0 unspecified atom stereocenters. The van der Waals surface area contributed by atoms with E-state index < -0.39 is 0 Å². The number of para-hydroxylation sites is 1. The van der Waals surface area contributed by atoms with E-state index in [2.05, 4.69) is 166 Å². The van der Waals surface area contributed by atoms with Gasteiger partial charge >= 0.3 is 0 Å². The third-order valence-corrected chi connectivity index (χ3v) is 7.96. The quantitative estimate of drug-likeness (QED) is 0.205. The highest BCUT2D eigenvalue weighted by molar-refractivity contribution is 9.10. The minimum absolute atomic E-state index is 1.10. The molecule has 7 aromatic rings. The molecule has 0 spiro atoms. The van der Waals surface area contributed by atoms with Gasteiger partial charge in [-0.2, -0.15) is 0 Å². The normalized spacial score (nSPS) is 11.3. The average molecular weight is 550 g/mol. The van der Waals surface area contributed by atoms with Crippen molar-refractivity contribution < 1.29 is 0 Å². The van der Waals surface area contributed by atoms with Crippen LogP contribution in [0.4, 0.5) is 0 Å². The first kappa shape index (κ1) is 22.8. The Bertz CT molecular complexity index is 1920. The summed E-state index contributed by atoms with van der Waals surface area (Å²) in [4.78, 5) is 0. The first-order valence-corrected chi connectivity index (χ1v) is 13.6. The fourth-order valence-corrected chi connectivity index (χ4v) is 5.94. The van der Waals surface area contributed by atoms with Crippen molar-refractivity contribution in [1.29, 1.82) is 0 Å². The summed E-state index contributed by atoms with van der Waals surface area (Å²) >= 11 is 3.72. The molecule has 2 heteroatoms. The summed E-state index contributed by atoms with van der Waals surface area (Å²) in [7, 11) is 0. The lowest BCUT2D eigenvalue weighted by molar-refractivity contribution is 1.18. The predicted octanol–water partition coefficient (Wildman–Crippen LogP) is 10.5. The second-order valence-corrected chi connectivity index (χ2v) is 10.4. The Morgan fingerprint density at radius 1 is 0.395 bits per heavy atom. The average Bonchev–Trinajstić information content (AvgIpc) is 3.31. The summed E-state index contributed by atoms with van der Waals surface area (Å²) < 4.78 is 3.48. The summed E-state index contributed by atoms with van der Waals surface area (Å²) in [5.74, 6) is 0. The lowest BCUT2D eigenvalue weighted by Gasteiger charge is -2.09. The van der Waals surface area contributed by atoms with Crippen molar-refractivity contribution in [2.24, 2.45) is 0 Å². The molecule has 0 fully saturated rings. The fourth-order valence-electron chi connectivity index (χ4n) is 5.43. The summed E-state index contributed by atoms with van der Waals surface area (Å²) in [6, 6.07) is 52.2. The molecule has 0 saturated carbocycles. The molecule has 1 aromatic heterocycles. The molecule has 38 heavy (non-hydrogen) atoms.